The Morgan fingerprint density at radius 2 is 2.15 bits per heavy atom. The molecule has 0 bridgehead atoms. The third kappa shape index (κ3) is 2.49. The van der Waals surface area contributed by atoms with Gasteiger partial charge < -0.3 is 5.32 Å². The number of nitrogens with zero attached hydrogens (tertiary/aromatic N) is 1. The zero-order valence-electron chi connectivity index (χ0n) is 10.8. The second kappa shape index (κ2) is 5.38. The molecule has 1 aromatic carbocycles. The van der Waals surface area contributed by atoms with Gasteiger partial charge in [0.2, 0.25) is 0 Å². The molecule has 2 heterocycles. The zero-order valence-corrected chi connectivity index (χ0v) is 12.4. The molecule has 0 radical (unpaired) electrons. The summed E-state index contributed by atoms with van der Waals surface area (Å²) >= 11 is 7.66. The molecule has 5 heteroatoms. The van der Waals surface area contributed by atoms with Crippen LogP contribution in [0.1, 0.15) is 11.1 Å². The number of benzene rings is 1. The maximum Gasteiger partial charge on any atom is 0.131 e. The summed E-state index contributed by atoms with van der Waals surface area (Å²) in [7, 11) is 0. The maximum atomic E-state index is 13.6. The molecule has 0 aliphatic rings. The van der Waals surface area contributed by atoms with Crippen LogP contribution in [0.3, 0.4) is 0 Å². The van der Waals surface area contributed by atoms with Gasteiger partial charge in [0.05, 0.1) is 15.9 Å². The maximum absolute atomic E-state index is 13.6. The standard InChI is InChI=1S/C15H12ClFN2S/c1-9-8-20-15-12(6-13(16)19-14(9)15)18-7-10-4-2-3-5-11(10)17/h2-6,8H,7H2,1H3,(H,18,19). The molecule has 0 amide bonds. The summed E-state index contributed by atoms with van der Waals surface area (Å²) in [5.41, 5.74) is 3.52. The predicted molar refractivity (Wildman–Crippen MR) is 83.1 cm³/mol. The summed E-state index contributed by atoms with van der Waals surface area (Å²) in [5.74, 6) is -0.209. The van der Waals surface area contributed by atoms with Gasteiger partial charge in [-0.15, -0.1) is 11.3 Å². The fourth-order valence-corrected chi connectivity index (χ4v) is 3.23. The van der Waals surface area contributed by atoms with Crippen molar-refractivity contribution >= 4 is 38.8 Å². The Bertz CT molecular complexity index is 770. The average Bonchev–Trinajstić information content (AvgIpc) is 2.79. The van der Waals surface area contributed by atoms with Crippen LogP contribution in [-0.4, -0.2) is 4.98 Å². The number of thiophene rings is 1. The van der Waals surface area contributed by atoms with Crippen LogP contribution < -0.4 is 5.32 Å². The van der Waals surface area contributed by atoms with Gasteiger partial charge in [-0.1, -0.05) is 29.8 Å². The van der Waals surface area contributed by atoms with E-state index >= 15 is 0 Å². The normalized spacial score (nSPS) is 10.9. The number of fused-ring (bicyclic) bond motifs is 1. The lowest BCUT2D eigenvalue weighted by atomic mass is 10.2. The van der Waals surface area contributed by atoms with Crippen molar-refractivity contribution in [2.75, 3.05) is 5.32 Å². The molecule has 0 atom stereocenters. The van der Waals surface area contributed by atoms with Crippen molar-refractivity contribution in [1.29, 1.82) is 0 Å². The number of pyridine rings is 1. The highest BCUT2D eigenvalue weighted by Gasteiger charge is 2.09. The van der Waals surface area contributed by atoms with E-state index in [0.717, 1.165) is 21.5 Å². The molecule has 0 fully saturated rings. The van der Waals surface area contributed by atoms with E-state index in [4.69, 9.17) is 11.6 Å². The minimum Gasteiger partial charge on any atom is -0.380 e. The van der Waals surface area contributed by atoms with E-state index in [1.165, 1.54) is 6.07 Å². The lowest BCUT2D eigenvalue weighted by molar-refractivity contribution is 0.613. The van der Waals surface area contributed by atoms with E-state index in [0.29, 0.717) is 17.3 Å². The summed E-state index contributed by atoms with van der Waals surface area (Å²) in [6.45, 7) is 2.42. The first-order valence-electron chi connectivity index (χ1n) is 6.17. The minimum atomic E-state index is -0.209. The second-order valence-corrected chi connectivity index (χ2v) is 5.80. The predicted octanol–water partition coefficient (Wildman–Crippen LogP) is 5.01. The van der Waals surface area contributed by atoms with E-state index in [1.54, 1.807) is 29.5 Å². The first-order chi connectivity index (χ1) is 9.65. The molecular formula is C15H12ClFN2S. The van der Waals surface area contributed by atoms with Gasteiger partial charge >= 0.3 is 0 Å². The van der Waals surface area contributed by atoms with E-state index in [1.807, 2.05) is 18.4 Å². The fraction of sp³-hybridized carbons (Fsp3) is 0.133. The molecule has 0 aliphatic carbocycles. The van der Waals surface area contributed by atoms with Gasteiger partial charge in [-0.2, -0.15) is 0 Å². The van der Waals surface area contributed by atoms with Crippen LogP contribution in [0.4, 0.5) is 10.1 Å². The monoisotopic (exact) mass is 306 g/mol. The van der Waals surface area contributed by atoms with Crippen molar-refractivity contribution in [3.05, 3.63) is 57.8 Å². The molecule has 20 heavy (non-hydrogen) atoms. The Hall–Kier alpha value is -1.65. The molecule has 0 aliphatic heterocycles. The molecule has 0 spiro atoms. The van der Waals surface area contributed by atoms with Crippen LogP contribution >= 0.6 is 22.9 Å². The van der Waals surface area contributed by atoms with Crippen molar-refractivity contribution < 1.29 is 4.39 Å². The third-order valence-corrected chi connectivity index (χ3v) is 4.41. The fourth-order valence-electron chi connectivity index (χ4n) is 2.06. The highest BCUT2D eigenvalue weighted by molar-refractivity contribution is 7.18. The van der Waals surface area contributed by atoms with Crippen molar-refractivity contribution in [2.45, 2.75) is 13.5 Å². The lowest BCUT2D eigenvalue weighted by Gasteiger charge is -2.09. The molecule has 0 saturated heterocycles. The van der Waals surface area contributed by atoms with Gasteiger partial charge in [-0.05, 0) is 23.9 Å². The molecular weight excluding hydrogens is 295 g/mol. The number of hydrogen-bond acceptors (Lipinski definition) is 3. The van der Waals surface area contributed by atoms with Crippen LogP contribution in [0.2, 0.25) is 5.15 Å². The Balaban J connectivity index is 1.93. The lowest BCUT2D eigenvalue weighted by Crippen LogP contribution is -2.02. The van der Waals surface area contributed by atoms with Gasteiger partial charge in [-0.3, -0.25) is 0 Å². The van der Waals surface area contributed by atoms with E-state index in [9.17, 15) is 4.39 Å². The summed E-state index contributed by atoms with van der Waals surface area (Å²) in [6, 6.07) is 8.51. The first-order valence-corrected chi connectivity index (χ1v) is 7.42. The number of nitrogens with one attached hydrogen (secondary N) is 1. The minimum absolute atomic E-state index is 0.209. The van der Waals surface area contributed by atoms with Crippen molar-refractivity contribution in [2.24, 2.45) is 0 Å². The van der Waals surface area contributed by atoms with Gasteiger partial charge in [0.25, 0.3) is 0 Å². The van der Waals surface area contributed by atoms with Crippen LogP contribution in [0, 0.1) is 12.7 Å². The quantitative estimate of drug-likeness (QED) is 0.688. The van der Waals surface area contributed by atoms with Gasteiger partial charge in [-0.25, -0.2) is 9.37 Å². The number of hydrogen-bond donors (Lipinski definition) is 1. The van der Waals surface area contributed by atoms with Gasteiger partial charge in [0, 0.05) is 18.2 Å². The summed E-state index contributed by atoms with van der Waals surface area (Å²) in [6.07, 6.45) is 0. The SMILES string of the molecule is Cc1csc2c(NCc3ccccc3F)cc(Cl)nc12. The van der Waals surface area contributed by atoms with Crippen LogP contribution in [-0.2, 0) is 6.54 Å². The average molecular weight is 307 g/mol. The van der Waals surface area contributed by atoms with Crippen LogP contribution in [0.15, 0.2) is 35.7 Å². The Morgan fingerprint density at radius 3 is 2.95 bits per heavy atom. The molecule has 3 rings (SSSR count). The van der Waals surface area contributed by atoms with E-state index < -0.39 is 0 Å². The highest BCUT2D eigenvalue weighted by atomic mass is 35.5. The summed E-state index contributed by atoms with van der Waals surface area (Å²) in [5, 5.41) is 5.73. The molecule has 2 aromatic heterocycles. The Kier molecular flexibility index (Phi) is 3.59. The number of halogens is 2. The number of anilines is 1. The van der Waals surface area contributed by atoms with Crippen molar-refractivity contribution in [3.63, 3.8) is 0 Å². The second-order valence-electron chi connectivity index (χ2n) is 4.53. The zero-order chi connectivity index (χ0) is 14.1. The van der Waals surface area contributed by atoms with Crippen LogP contribution in [0.5, 0.6) is 0 Å². The summed E-state index contributed by atoms with van der Waals surface area (Å²) < 4.78 is 14.7. The summed E-state index contributed by atoms with van der Waals surface area (Å²) in [4.78, 5) is 4.33. The first kappa shape index (κ1) is 13.3. The molecule has 0 unspecified atom stereocenters. The Labute approximate surface area is 125 Å². The third-order valence-electron chi connectivity index (χ3n) is 3.10. The topological polar surface area (TPSA) is 24.9 Å². The van der Waals surface area contributed by atoms with Gasteiger partial charge in [0.15, 0.2) is 0 Å². The van der Waals surface area contributed by atoms with E-state index in [-0.39, 0.29) is 5.82 Å². The van der Waals surface area contributed by atoms with E-state index in [2.05, 4.69) is 10.3 Å². The smallest absolute Gasteiger partial charge is 0.131 e. The largest absolute Gasteiger partial charge is 0.380 e. The van der Waals surface area contributed by atoms with Crippen molar-refractivity contribution in [3.8, 4) is 0 Å². The molecule has 102 valence electrons. The highest BCUT2D eigenvalue weighted by Crippen LogP contribution is 2.32. The molecule has 3 aromatic rings. The van der Waals surface area contributed by atoms with Crippen molar-refractivity contribution in [1.82, 2.24) is 4.98 Å². The Morgan fingerprint density at radius 1 is 1.35 bits per heavy atom. The number of aromatic nitrogens is 1. The molecule has 0 saturated carbocycles. The molecule has 1 N–H and O–H groups in total. The number of rotatable bonds is 3. The van der Waals surface area contributed by atoms with Crippen LogP contribution in [0.25, 0.3) is 10.2 Å². The number of aryl methyl sites for hydroxylation is 1. The van der Waals surface area contributed by atoms with Gasteiger partial charge in [0.1, 0.15) is 11.0 Å². The molecule has 2 nitrogen and oxygen atoms in total.